The number of amides is 1. The van der Waals surface area contributed by atoms with Crippen LogP contribution >= 0.6 is 23.2 Å². The third kappa shape index (κ3) is 6.27. The van der Waals surface area contributed by atoms with Crippen molar-refractivity contribution in [2.45, 2.75) is 52.4 Å². The Morgan fingerprint density at radius 1 is 1.00 bits per heavy atom. The van der Waals surface area contributed by atoms with Crippen LogP contribution in [0, 0.1) is 0 Å². The Hall–Kier alpha value is -0.730. The molecule has 0 atom stereocenters. The van der Waals surface area contributed by atoms with E-state index in [2.05, 4.69) is 13.8 Å². The molecule has 0 radical (unpaired) electrons. The number of hydrogen-bond donors (Lipinski definition) is 0. The highest BCUT2D eigenvalue weighted by Crippen LogP contribution is 2.22. The fraction of sp³-hybridized carbons (Fsp3) is 0.588. The van der Waals surface area contributed by atoms with Crippen molar-refractivity contribution in [3.8, 4) is 0 Å². The molecule has 21 heavy (non-hydrogen) atoms. The zero-order chi connectivity index (χ0) is 15.7. The first kappa shape index (κ1) is 18.3. The fourth-order valence-corrected chi connectivity index (χ4v) is 2.62. The van der Waals surface area contributed by atoms with Gasteiger partial charge in [0.15, 0.2) is 0 Å². The Morgan fingerprint density at radius 2 is 1.57 bits per heavy atom. The summed E-state index contributed by atoms with van der Waals surface area (Å²) in [5.74, 6) is -0.00490. The molecule has 0 bridgehead atoms. The van der Waals surface area contributed by atoms with Crippen molar-refractivity contribution < 1.29 is 4.79 Å². The van der Waals surface area contributed by atoms with Gasteiger partial charge in [0.05, 0.1) is 10.6 Å². The normalized spacial score (nSPS) is 10.7. The van der Waals surface area contributed by atoms with Gasteiger partial charge in [-0.25, -0.2) is 0 Å². The van der Waals surface area contributed by atoms with Gasteiger partial charge in [0.25, 0.3) is 5.91 Å². The number of benzene rings is 1. The second-order valence-corrected chi connectivity index (χ2v) is 6.17. The number of nitrogens with zero attached hydrogens (tertiary/aromatic N) is 1. The average Bonchev–Trinajstić information content (AvgIpc) is 2.48. The van der Waals surface area contributed by atoms with Crippen molar-refractivity contribution in [1.29, 1.82) is 0 Å². The van der Waals surface area contributed by atoms with E-state index in [1.54, 1.807) is 18.2 Å². The maximum atomic E-state index is 12.7. The average molecular weight is 330 g/mol. The molecule has 0 aliphatic rings. The van der Waals surface area contributed by atoms with E-state index in [-0.39, 0.29) is 5.91 Å². The summed E-state index contributed by atoms with van der Waals surface area (Å²) in [6.07, 6.45) is 6.64. The minimum Gasteiger partial charge on any atom is -0.339 e. The summed E-state index contributed by atoms with van der Waals surface area (Å²) in [6, 6.07) is 5.06. The summed E-state index contributed by atoms with van der Waals surface area (Å²) in [4.78, 5) is 14.6. The van der Waals surface area contributed by atoms with Crippen molar-refractivity contribution in [3.05, 3.63) is 33.8 Å². The van der Waals surface area contributed by atoms with Crippen LogP contribution in [-0.2, 0) is 0 Å². The molecule has 0 aliphatic heterocycles. The lowest BCUT2D eigenvalue weighted by molar-refractivity contribution is 0.0750. The maximum Gasteiger partial charge on any atom is 0.255 e. The van der Waals surface area contributed by atoms with Crippen LogP contribution in [0.15, 0.2) is 18.2 Å². The number of unbranched alkanes of at least 4 members (excludes halogenated alkanes) is 4. The van der Waals surface area contributed by atoms with Gasteiger partial charge in [0.1, 0.15) is 0 Å². The van der Waals surface area contributed by atoms with Crippen molar-refractivity contribution in [2.75, 3.05) is 13.1 Å². The number of rotatable bonds is 9. The van der Waals surface area contributed by atoms with Crippen LogP contribution in [0.25, 0.3) is 0 Å². The standard InChI is InChI=1S/C17H25Cl2NO/c1-3-5-7-11-20(12-8-6-4-2)17(21)15-13-14(18)9-10-16(15)19/h9-10,13H,3-8,11-12H2,1-2H3. The van der Waals surface area contributed by atoms with Crippen LogP contribution in [-0.4, -0.2) is 23.9 Å². The lowest BCUT2D eigenvalue weighted by Gasteiger charge is -2.23. The third-order valence-corrected chi connectivity index (χ3v) is 4.07. The third-order valence-electron chi connectivity index (χ3n) is 3.51. The molecule has 0 fully saturated rings. The Labute approximate surface area is 138 Å². The van der Waals surface area contributed by atoms with E-state index in [1.165, 1.54) is 0 Å². The lowest BCUT2D eigenvalue weighted by Crippen LogP contribution is -2.33. The van der Waals surface area contributed by atoms with Gasteiger partial charge < -0.3 is 4.90 Å². The van der Waals surface area contributed by atoms with E-state index in [9.17, 15) is 4.79 Å². The first-order chi connectivity index (χ1) is 10.1. The molecular weight excluding hydrogens is 305 g/mol. The summed E-state index contributed by atoms with van der Waals surface area (Å²) in [5.41, 5.74) is 0.511. The quantitative estimate of drug-likeness (QED) is 0.523. The van der Waals surface area contributed by atoms with Crippen LogP contribution < -0.4 is 0 Å². The molecule has 0 N–H and O–H groups in total. The first-order valence-electron chi connectivity index (χ1n) is 7.84. The zero-order valence-electron chi connectivity index (χ0n) is 13.0. The molecule has 0 spiro atoms. The highest BCUT2D eigenvalue weighted by atomic mass is 35.5. The van der Waals surface area contributed by atoms with E-state index < -0.39 is 0 Å². The summed E-state index contributed by atoms with van der Waals surface area (Å²) in [7, 11) is 0. The number of carbonyl (C=O) groups excluding carboxylic acids is 1. The van der Waals surface area contributed by atoms with Crippen LogP contribution in [0.5, 0.6) is 0 Å². The van der Waals surface area contributed by atoms with Gasteiger partial charge in [-0.2, -0.15) is 0 Å². The van der Waals surface area contributed by atoms with E-state index in [0.717, 1.165) is 51.6 Å². The van der Waals surface area contributed by atoms with Gasteiger partial charge in [0, 0.05) is 18.1 Å². The van der Waals surface area contributed by atoms with Gasteiger partial charge >= 0.3 is 0 Å². The second kappa shape index (κ2) is 10.1. The van der Waals surface area contributed by atoms with Gasteiger partial charge in [-0.1, -0.05) is 62.7 Å². The Balaban J connectivity index is 2.79. The molecule has 1 rings (SSSR count). The minimum atomic E-state index is -0.00490. The Kier molecular flexibility index (Phi) is 8.79. The molecule has 0 heterocycles. The lowest BCUT2D eigenvalue weighted by atomic mass is 10.1. The van der Waals surface area contributed by atoms with Crippen molar-refractivity contribution >= 4 is 29.1 Å². The molecule has 4 heteroatoms. The molecule has 1 aromatic carbocycles. The summed E-state index contributed by atoms with van der Waals surface area (Å²) < 4.78 is 0. The zero-order valence-corrected chi connectivity index (χ0v) is 14.5. The summed E-state index contributed by atoms with van der Waals surface area (Å²) in [6.45, 7) is 5.91. The number of halogens is 2. The van der Waals surface area contributed by atoms with E-state index in [0.29, 0.717) is 15.6 Å². The molecule has 1 aromatic rings. The maximum absolute atomic E-state index is 12.7. The van der Waals surface area contributed by atoms with Crippen molar-refractivity contribution in [3.63, 3.8) is 0 Å². The molecule has 0 aromatic heterocycles. The summed E-state index contributed by atoms with van der Waals surface area (Å²) in [5, 5.41) is 1.02. The molecule has 0 saturated heterocycles. The molecule has 0 aliphatic carbocycles. The van der Waals surface area contributed by atoms with Gasteiger partial charge in [0.2, 0.25) is 0 Å². The first-order valence-corrected chi connectivity index (χ1v) is 8.60. The molecule has 2 nitrogen and oxygen atoms in total. The SMILES string of the molecule is CCCCCN(CCCCC)C(=O)c1cc(Cl)ccc1Cl. The van der Waals surface area contributed by atoms with Crippen LogP contribution in [0.4, 0.5) is 0 Å². The minimum absolute atomic E-state index is 0.00490. The number of carbonyl (C=O) groups is 1. The highest BCUT2D eigenvalue weighted by Gasteiger charge is 2.18. The van der Waals surface area contributed by atoms with E-state index in [4.69, 9.17) is 23.2 Å². The van der Waals surface area contributed by atoms with Crippen LogP contribution in [0.2, 0.25) is 10.0 Å². The predicted molar refractivity (Wildman–Crippen MR) is 91.4 cm³/mol. The van der Waals surface area contributed by atoms with Crippen molar-refractivity contribution in [2.24, 2.45) is 0 Å². The van der Waals surface area contributed by atoms with E-state index >= 15 is 0 Å². The van der Waals surface area contributed by atoms with Gasteiger partial charge in [-0.05, 0) is 31.0 Å². The Bertz CT molecular complexity index is 438. The van der Waals surface area contributed by atoms with Crippen LogP contribution in [0.3, 0.4) is 0 Å². The molecule has 0 saturated carbocycles. The van der Waals surface area contributed by atoms with Crippen LogP contribution in [0.1, 0.15) is 62.7 Å². The van der Waals surface area contributed by atoms with Gasteiger partial charge in [-0.15, -0.1) is 0 Å². The highest BCUT2D eigenvalue weighted by molar-refractivity contribution is 6.35. The second-order valence-electron chi connectivity index (χ2n) is 5.33. The molecule has 1 amide bonds. The number of hydrogen-bond acceptors (Lipinski definition) is 1. The van der Waals surface area contributed by atoms with Gasteiger partial charge in [-0.3, -0.25) is 4.79 Å². The summed E-state index contributed by atoms with van der Waals surface area (Å²) >= 11 is 12.1. The monoisotopic (exact) mass is 329 g/mol. The predicted octanol–water partition coefficient (Wildman–Crippen LogP) is 5.82. The fourth-order valence-electron chi connectivity index (χ4n) is 2.25. The smallest absolute Gasteiger partial charge is 0.255 e. The topological polar surface area (TPSA) is 20.3 Å². The van der Waals surface area contributed by atoms with Crippen molar-refractivity contribution in [1.82, 2.24) is 4.90 Å². The molecule has 0 unspecified atom stereocenters. The van der Waals surface area contributed by atoms with E-state index in [1.807, 2.05) is 4.90 Å². The molecule has 118 valence electrons. The largest absolute Gasteiger partial charge is 0.339 e. The molecular formula is C17H25Cl2NO. The Morgan fingerprint density at radius 3 is 2.10 bits per heavy atom.